The molecule has 0 spiro atoms. The van der Waals surface area contributed by atoms with Crippen molar-refractivity contribution < 1.29 is 13.6 Å². The van der Waals surface area contributed by atoms with Gasteiger partial charge in [0.05, 0.1) is 23.6 Å². The Balaban J connectivity index is 1.67. The van der Waals surface area contributed by atoms with E-state index in [1.807, 2.05) is 53.8 Å². The van der Waals surface area contributed by atoms with Crippen LogP contribution in [0, 0.1) is 11.6 Å². The number of para-hydroxylation sites is 1. The minimum absolute atomic E-state index is 0.0880. The average molecular weight is 439 g/mol. The van der Waals surface area contributed by atoms with Crippen LogP contribution < -0.4 is 0 Å². The first-order chi connectivity index (χ1) is 15.5. The van der Waals surface area contributed by atoms with E-state index in [9.17, 15) is 13.6 Å². The third kappa shape index (κ3) is 4.58. The number of rotatable bonds is 7. The summed E-state index contributed by atoms with van der Waals surface area (Å²) in [4.78, 5) is 16.3. The maximum atomic E-state index is 14.2. The largest absolute Gasteiger partial charge is 0.337 e. The van der Waals surface area contributed by atoms with Crippen LogP contribution in [0.4, 0.5) is 8.78 Å². The summed E-state index contributed by atoms with van der Waals surface area (Å²) < 4.78 is 29.8. The summed E-state index contributed by atoms with van der Waals surface area (Å²) in [6.07, 6.45) is 1.18. The lowest BCUT2D eigenvalue weighted by Crippen LogP contribution is -2.33. The van der Waals surface area contributed by atoms with Crippen molar-refractivity contribution in [2.75, 3.05) is 13.1 Å². The van der Waals surface area contributed by atoms with Gasteiger partial charge in [0, 0.05) is 50.1 Å². The van der Waals surface area contributed by atoms with Gasteiger partial charge >= 0.3 is 0 Å². The Kier molecular flexibility index (Phi) is 6.65. The molecule has 0 unspecified atom stereocenters. The molecule has 32 heavy (non-hydrogen) atoms. The van der Waals surface area contributed by atoms with Crippen molar-refractivity contribution in [1.29, 1.82) is 0 Å². The molecule has 0 saturated heterocycles. The van der Waals surface area contributed by atoms with Crippen LogP contribution in [0.5, 0.6) is 0 Å². The van der Waals surface area contributed by atoms with Gasteiger partial charge in [0.15, 0.2) is 0 Å². The van der Waals surface area contributed by atoms with Gasteiger partial charge in [0.1, 0.15) is 11.6 Å². The Morgan fingerprint density at radius 2 is 1.91 bits per heavy atom. The number of carbonyl (C=O) groups excluding carboxylic acids is 1. The van der Waals surface area contributed by atoms with E-state index in [1.165, 1.54) is 12.1 Å². The van der Waals surface area contributed by atoms with Gasteiger partial charge < -0.3 is 4.90 Å². The number of hydrogen-bond donors (Lipinski definition) is 0. The number of benzene rings is 2. The SMILES string of the molecule is CCC(=O)N(CC)Cc1nn(-c2ccccc2)c2c1CN(Cc1cc(F)ccc1F)CC2. The molecule has 0 atom stereocenters. The fourth-order valence-corrected chi connectivity index (χ4v) is 4.27. The monoisotopic (exact) mass is 438 g/mol. The average Bonchev–Trinajstić information content (AvgIpc) is 3.17. The normalized spacial score (nSPS) is 13.8. The highest BCUT2D eigenvalue weighted by Crippen LogP contribution is 2.28. The Labute approximate surface area is 187 Å². The zero-order chi connectivity index (χ0) is 22.7. The lowest BCUT2D eigenvalue weighted by Gasteiger charge is -2.28. The third-order valence-corrected chi connectivity index (χ3v) is 6.00. The molecule has 0 saturated carbocycles. The molecule has 3 aromatic rings. The molecular weight excluding hydrogens is 410 g/mol. The summed E-state index contributed by atoms with van der Waals surface area (Å²) >= 11 is 0. The van der Waals surface area contributed by atoms with Crippen molar-refractivity contribution in [3.8, 4) is 5.69 Å². The minimum atomic E-state index is -0.437. The van der Waals surface area contributed by atoms with Crippen molar-refractivity contribution in [3.63, 3.8) is 0 Å². The molecule has 1 aliphatic rings. The van der Waals surface area contributed by atoms with Gasteiger partial charge in [-0.15, -0.1) is 0 Å². The maximum Gasteiger partial charge on any atom is 0.222 e. The van der Waals surface area contributed by atoms with Crippen LogP contribution in [0.3, 0.4) is 0 Å². The second-order valence-corrected chi connectivity index (χ2v) is 8.08. The van der Waals surface area contributed by atoms with Crippen LogP contribution in [-0.4, -0.2) is 38.6 Å². The molecule has 4 rings (SSSR count). The molecule has 1 aromatic heterocycles. The molecule has 5 nitrogen and oxygen atoms in total. The molecule has 1 aliphatic heterocycles. The van der Waals surface area contributed by atoms with E-state index in [0.717, 1.165) is 35.1 Å². The number of nitrogens with zero attached hydrogens (tertiary/aromatic N) is 4. The van der Waals surface area contributed by atoms with Crippen LogP contribution in [0.25, 0.3) is 5.69 Å². The highest BCUT2D eigenvalue weighted by atomic mass is 19.1. The summed E-state index contributed by atoms with van der Waals surface area (Å²) in [5.41, 5.74) is 4.37. The van der Waals surface area contributed by atoms with E-state index in [1.54, 1.807) is 0 Å². The lowest BCUT2D eigenvalue weighted by molar-refractivity contribution is -0.131. The zero-order valence-electron chi connectivity index (χ0n) is 18.5. The molecule has 168 valence electrons. The molecule has 0 N–H and O–H groups in total. The van der Waals surface area contributed by atoms with Gasteiger partial charge in [-0.25, -0.2) is 13.5 Å². The van der Waals surface area contributed by atoms with Crippen molar-refractivity contribution in [3.05, 3.63) is 82.7 Å². The summed E-state index contributed by atoms with van der Waals surface area (Å²) in [5.74, 6) is -0.749. The molecule has 2 heterocycles. The van der Waals surface area contributed by atoms with Gasteiger partial charge in [0.2, 0.25) is 5.91 Å². The van der Waals surface area contributed by atoms with E-state index >= 15 is 0 Å². The van der Waals surface area contributed by atoms with Gasteiger partial charge in [0.25, 0.3) is 0 Å². The summed E-state index contributed by atoms with van der Waals surface area (Å²) in [7, 11) is 0. The standard InChI is InChI=1S/C25H28F2N4O/c1-3-25(32)30(4-2)17-23-21-16-29(15-18-14-19(26)10-11-22(18)27)13-12-24(21)31(28-23)20-8-6-5-7-9-20/h5-11,14H,3-4,12-13,15-17H2,1-2H3. The van der Waals surface area contributed by atoms with Crippen molar-refractivity contribution in [2.24, 2.45) is 0 Å². The van der Waals surface area contributed by atoms with Crippen molar-refractivity contribution >= 4 is 5.91 Å². The first-order valence-electron chi connectivity index (χ1n) is 11.1. The van der Waals surface area contributed by atoms with Crippen molar-refractivity contribution in [2.45, 2.75) is 46.3 Å². The van der Waals surface area contributed by atoms with Crippen LogP contribution in [0.15, 0.2) is 48.5 Å². The van der Waals surface area contributed by atoms with Gasteiger partial charge in [-0.1, -0.05) is 25.1 Å². The van der Waals surface area contributed by atoms with E-state index in [0.29, 0.717) is 44.7 Å². The number of aromatic nitrogens is 2. The molecule has 0 radical (unpaired) electrons. The van der Waals surface area contributed by atoms with Crippen LogP contribution >= 0.6 is 0 Å². The fourth-order valence-electron chi connectivity index (χ4n) is 4.27. The first-order valence-corrected chi connectivity index (χ1v) is 11.1. The number of hydrogen-bond acceptors (Lipinski definition) is 3. The topological polar surface area (TPSA) is 41.4 Å². The summed E-state index contributed by atoms with van der Waals surface area (Å²) in [6, 6.07) is 13.5. The molecule has 0 fully saturated rings. The Morgan fingerprint density at radius 1 is 1.12 bits per heavy atom. The predicted molar refractivity (Wildman–Crippen MR) is 119 cm³/mol. The first kappa shape index (κ1) is 22.1. The van der Waals surface area contributed by atoms with Crippen LogP contribution in [0.2, 0.25) is 0 Å². The summed E-state index contributed by atoms with van der Waals surface area (Å²) in [5, 5.41) is 4.90. The molecule has 2 aromatic carbocycles. The van der Waals surface area contributed by atoms with Gasteiger partial charge in [-0.05, 0) is 37.3 Å². The lowest BCUT2D eigenvalue weighted by atomic mass is 10.0. The van der Waals surface area contributed by atoms with Gasteiger partial charge in [-0.3, -0.25) is 9.69 Å². The number of amides is 1. The highest BCUT2D eigenvalue weighted by Gasteiger charge is 2.27. The number of carbonyl (C=O) groups is 1. The molecule has 0 bridgehead atoms. The fraction of sp³-hybridized carbons (Fsp3) is 0.360. The van der Waals surface area contributed by atoms with Gasteiger partial charge in [-0.2, -0.15) is 5.10 Å². The predicted octanol–water partition coefficient (Wildman–Crippen LogP) is 4.47. The zero-order valence-corrected chi connectivity index (χ0v) is 18.5. The number of fused-ring (bicyclic) bond motifs is 1. The van der Waals surface area contributed by atoms with Crippen LogP contribution in [0.1, 0.15) is 42.8 Å². The van der Waals surface area contributed by atoms with E-state index in [4.69, 9.17) is 5.10 Å². The third-order valence-electron chi connectivity index (χ3n) is 6.00. The van der Waals surface area contributed by atoms with E-state index < -0.39 is 11.6 Å². The summed E-state index contributed by atoms with van der Waals surface area (Å²) in [6.45, 7) is 6.49. The Hall–Kier alpha value is -3.06. The molecule has 1 amide bonds. The molecular formula is C25H28F2N4O. The molecule has 7 heteroatoms. The van der Waals surface area contributed by atoms with E-state index in [-0.39, 0.29) is 5.91 Å². The number of halogens is 2. The second kappa shape index (κ2) is 9.61. The Bertz CT molecular complexity index is 1100. The van der Waals surface area contributed by atoms with Crippen molar-refractivity contribution in [1.82, 2.24) is 19.6 Å². The maximum absolute atomic E-state index is 14.2. The smallest absolute Gasteiger partial charge is 0.222 e. The second-order valence-electron chi connectivity index (χ2n) is 8.08. The highest BCUT2D eigenvalue weighted by molar-refractivity contribution is 5.75. The minimum Gasteiger partial charge on any atom is -0.337 e. The quantitative estimate of drug-likeness (QED) is 0.547. The Morgan fingerprint density at radius 3 is 2.62 bits per heavy atom. The van der Waals surface area contributed by atoms with E-state index in [2.05, 4.69) is 4.90 Å². The molecule has 0 aliphatic carbocycles. The van der Waals surface area contributed by atoms with Crippen LogP contribution in [-0.2, 0) is 30.8 Å².